The highest BCUT2D eigenvalue weighted by atomic mass is 16.3. The highest BCUT2D eigenvalue weighted by Gasteiger charge is 2.19. The van der Waals surface area contributed by atoms with Gasteiger partial charge in [0, 0.05) is 12.6 Å². The molecule has 0 saturated heterocycles. The fourth-order valence-corrected chi connectivity index (χ4v) is 2.73. The molecule has 0 aliphatic rings. The molecule has 0 aliphatic heterocycles. The fraction of sp³-hybridized carbons (Fsp3) is 0.200. The highest BCUT2D eigenvalue weighted by Crippen LogP contribution is 2.16. The van der Waals surface area contributed by atoms with Crippen LogP contribution in [0.2, 0.25) is 0 Å². The number of rotatable bonds is 5. The van der Waals surface area contributed by atoms with Crippen molar-refractivity contribution in [2.75, 3.05) is 20.6 Å². The Morgan fingerprint density at radius 3 is 2.48 bits per heavy atom. The zero-order chi connectivity index (χ0) is 17.8. The maximum absolute atomic E-state index is 12.6. The standard InChI is InChI=1S/C20H20N2O3/c1-22(2)13-16(14-8-4-3-5-9-14)21-20(24)19-12-17(23)15-10-6-7-11-18(15)25-19/h3-12,16H,13H2,1-2H3,(H,21,24). The second-order valence-corrected chi connectivity index (χ2v) is 6.17. The molecule has 0 radical (unpaired) electrons. The Morgan fingerprint density at radius 1 is 1.08 bits per heavy atom. The van der Waals surface area contributed by atoms with Gasteiger partial charge in [0.15, 0.2) is 11.2 Å². The first-order valence-electron chi connectivity index (χ1n) is 8.08. The highest BCUT2D eigenvalue weighted by molar-refractivity contribution is 5.93. The van der Waals surface area contributed by atoms with Gasteiger partial charge in [0.1, 0.15) is 5.58 Å². The number of fused-ring (bicyclic) bond motifs is 1. The molecule has 25 heavy (non-hydrogen) atoms. The van der Waals surface area contributed by atoms with Gasteiger partial charge in [0.2, 0.25) is 0 Å². The summed E-state index contributed by atoms with van der Waals surface area (Å²) in [6.45, 7) is 0.633. The summed E-state index contributed by atoms with van der Waals surface area (Å²) in [5.74, 6) is -0.387. The van der Waals surface area contributed by atoms with E-state index < -0.39 is 5.91 Å². The van der Waals surface area contributed by atoms with Crippen LogP contribution >= 0.6 is 0 Å². The van der Waals surface area contributed by atoms with Gasteiger partial charge in [0.05, 0.1) is 11.4 Å². The molecule has 5 nitrogen and oxygen atoms in total. The molecule has 1 atom stereocenters. The summed E-state index contributed by atoms with van der Waals surface area (Å²) in [5, 5.41) is 3.42. The Hall–Kier alpha value is -2.92. The molecule has 0 spiro atoms. The maximum Gasteiger partial charge on any atom is 0.287 e. The van der Waals surface area contributed by atoms with E-state index in [1.54, 1.807) is 24.3 Å². The van der Waals surface area contributed by atoms with E-state index in [-0.39, 0.29) is 17.2 Å². The molecule has 1 unspecified atom stereocenters. The van der Waals surface area contributed by atoms with Gasteiger partial charge < -0.3 is 14.6 Å². The molecule has 1 N–H and O–H groups in total. The summed E-state index contributed by atoms with van der Waals surface area (Å²) in [7, 11) is 3.89. The first-order chi connectivity index (χ1) is 12.0. The third-order valence-electron chi connectivity index (χ3n) is 3.91. The number of nitrogens with zero attached hydrogens (tertiary/aromatic N) is 1. The van der Waals surface area contributed by atoms with Gasteiger partial charge in [0.25, 0.3) is 5.91 Å². The van der Waals surface area contributed by atoms with Gasteiger partial charge in [-0.15, -0.1) is 0 Å². The minimum atomic E-state index is -0.404. The van der Waals surface area contributed by atoms with Crippen LogP contribution in [-0.4, -0.2) is 31.4 Å². The predicted molar refractivity (Wildman–Crippen MR) is 97.7 cm³/mol. The minimum Gasteiger partial charge on any atom is -0.451 e. The van der Waals surface area contributed by atoms with Crippen LogP contribution in [0.4, 0.5) is 0 Å². The smallest absolute Gasteiger partial charge is 0.287 e. The lowest BCUT2D eigenvalue weighted by atomic mass is 10.1. The maximum atomic E-state index is 12.6. The lowest BCUT2D eigenvalue weighted by Crippen LogP contribution is -2.35. The zero-order valence-corrected chi connectivity index (χ0v) is 14.2. The van der Waals surface area contributed by atoms with Crippen molar-refractivity contribution in [1.29, 1.82) is 0 Å². The van der Waals surface area contributed by atoms with Crippen LogP contribution in [0.3, 0.4) is 0 Å². The molecule has 5 heteroatoms. The number of amides is 1. The van der Waals surface area contributed by atoms with Gasteiger partial charge in [-0.2, -0.15) is 0 Å². The molecule has 0 saturated carbocycles. The van der Waals surface area contributed by atoms with Crippen LogP contribution in [0, 0.1) is 0 Å². The van der Waals surface area contributed by atoms with Crippen molar-refractivity contribution in [2.24, 2.45) is 0 Å². The van der Waals surface area contributed by atoms with Crippen LogP contribution in [0.25, 0.3) is 11.0 Å². The lowest BCUT2D eigenvalue weighted by Gasteiger charge is -2.22. The van der Waals surface area contributed by atoms with Crippen LogP contribution in [0.5, 0.6) is 0 Å². The topological polar surface area (TPSA) is 62.6 Å². The molecule has 1 heterocycles. The third-order valence-corrected chi connectivity index (χ3v) is 3.91. The van der Waals surface area contributed by atoms with Crippen molar-refractivity contribution in [2.45, 2.75) is 6.04 Å². The molecule has 0 aliphatic carbocycles. The quantitative estimate of drug-likeness (QED) is 0.778. The van der Waals surface area contributed by atoms with E-state index in [9.17, 15) is 9.59 Å². The molecule has 128 valence electrons. The van der Waals surface area contributed by atoms with Crippen LogP contribution < -0.4 is 10.7 Å². The summed E-state index contributed by atoms with van der Waals surface area (Å²) in [5.41, 5.74) is 1.17. The normalized spacial score (nSPS) is 12.3. The summed E-state index contributed by atoms with van der Waals surface area (Å²) < 4.78 is 5.62. The zero-order valence-electron chi connectivity index (χ0n) is 14.2. The molecule has 0 fully saturated rings. The van der Waals surface area contributed by atoms with E-state index >= 15 is 0 Å². The van der Waals surface area contributed by atoms with Crippen molar-refractivity contribution in [1.82, 2.24) is 10.2 Å². The lowest BCUT2D eigenvalue weighted by molar-refractivity contribution is 0.0902. The van der Waals surface area contributed by atoms with E-state index in [1.165, 1.54) is 6.07 Å². The van der Waals surface area contributed by atoms with E-state index in [0.717, 1.165) is 5.56 Å². The molecule has 0 bridgehead atoms. The average Bonchev–Trinajstić information content (AvgIpc) is 2.61. The SMILES string of the molecule is CN(C)CC(NC(=O)c1cc(=O)c2ccccc2o1)c1ccccc1. The minimum absolute atomic E-state index is 0.0170. The van der Waals surface area contributed by atoms with Gasteiger partial charge in [-0.1, -0.05) is 42.5 Å². The van der Waals surface area contributed by atoms with Crippen molar-refractivity contribution < 1.29 is 9.21 Å². The number of likely N-dealkylation sites (N-methyl/N-ethyl adjacent to an activating group) is 1. The number of benzene rings is 2. The van der Waals surface area contributed by atoms with Crippen molar-refractivity contribution in [3.63, 3.8) is 0 Å². The first-order valence-corrected chi connectivity index (χ1v) is 8.08. The van der Waals surface area contributed by atoms with Gasteiger partial charge in [-0.25, -0.2) is 0 Å². The summed E-state index contributed by atoms with van der Waals surface area (Å²) in [6.07, 6.45) is 0. The fourth-order valence-electron chi connectivity index (χ4n) is 2.73. The average molecular weight is 336 g/mol. The van der Waals surface area contributed by atoms with Gasteiger partial charge >= 0.3 is 0 Å². The van der Waals surface area contributed by atoms with E-state index in [0.29, 0.717) is 17.5 Å². The Labute approximate surface area is 145 Å². The number of nitrogens with one attached hydrogen (secondary N) is 1. The Morgan fingerprint density at radius 2 is 1.76 bits per heavy atom. The van der Waals surface area contributed by atoms with E-state index in [2.05, 4.69) is 5.32 Å². The van der Waals surface area contributed by atoms with Crippen LogP contribution in [0.1, 0.15) is 22.2 Å². The van der Waals surface area contributed by atoms with Crippen LogP contribution in [-0.2, 0) is 0 Å². The van der Waals surface area contributed by atoms with Crippen molar-refractivity contribution in [3.8, 4) is 0 Å². The van der Waals surface area contributed by atoms with Crippen molar-refractivity contribution in [3.05, 3.63) is 82.2 Å². The molecule has 2 aromatic carbocycles. The molecule has 1 aromatic heterocycles. The summed E-state index contributed by atoms with van der Waals surface area (Å²) in [6, 6.07) is 17.7. The number of hydrogen-bond donors (Lipinski definition) is 1. The van der Waals surface area contributed by atoms with Gasteiger partial charge in [-0.05, 0) is 31.8 Å². The molecular formula is C20H20N2O3. The number of hydrogen-bond acceptors (Lipinski definition) is 4. The molecular weight excluding hydrogens is 316 g/mol. The van der Waals surface area contributed by atoms with Crippen molar-refractivity contribution >= 4 is 16.9 Å². The van der Waals surface area contributed by atoms with Gasteiger partial charge in [-0.3, -0.25) is 9.59 Å². The summed E-state index contributed by atoms with van der Waals surface area (Å²) >= 11 is 0. The monoisotopic (exact) mass is 336 g/mol. The molecule has 3 aromatic rings. The second-order valence-electron chi connectivity index (χ2n) is 6.17. The number of carbonyl (C=O) groups is 1. The predicted octanol–water partition coefficient (Wildman–Crippen LogP) is 2.83. The Kier molecular flexibility index (Phi) is 4.95. The summed E-state index contributed by atoms with van der Waals surface area (Å²) in [4.78, 5) is 26.8. The Bertz CT molecular complexity index is 932. The molecule has 3 rings (SSSR count). The third kappa shape index (κ3) is 3.95. The van der Waals surface area contributed by atoms with E-state index in [4.69, 9.17) is 4.42 Å². The number of para-hydroxylation sites is 1. The molecule has 1 amide bonds. The number of carbonyl (C=O) groups excluding carboxylic acids is 1. The largest absolute Gasteiger partial charge is 0.451 e. The first kappa shape index (κ1) is 16.9. The Balaban J connectivity index is 1.90. The van der Waals surface area contributed by atoms with E-state index in [1.807, 2.05) is 49.3 Å². The van der Waals surface area contributed by atoms with Crippen LogP contribution in [0.15, 0.2) is 69.9 Å². The second kappa shape index (κ2) is 7.32.